The van der Waals surface area contributed by atoms with Gasteiger partial charge in [-0.3, -0.25) is 4.79 Å². The van der Waals surface area contributed by atoms with Crippen molar-refractivity contribution in [3.63, 3.8) is 0 Å². The molecule has 2 unspecified atom stereocenters. The lowest BCUT2D eigenvalue weighted by Gasteiger charge is -2.17. The average Bonchev–Trinajstić information content (AvgIpc) is 3.01. The van der Waals surface area contributed by atoms with E-state index in [2.05, 4.69) is 5.32 Å². The molecule has 2 N–H and O–H groups in total. The summed E-state index contributed by atoms with van der Waals surface area (Å²) in [7, 11) is 1.50. The summed E-state index contributed by atoms with van der Waals surface area (Å²) in [5, 5.41) is 15.3. The third-order valence-electron chi connectivity index (χ3n) is 3.24. The molecule has 0 aliphatic carbocycles. The van der Waals surface area contributed by atoms with Gasteiger partial charge in [-0.15, -0.1) is 11.3 Å². The second-order valence-corrected chi connectivity index (χ2v) is 6.38. The molecular formula is C16H18ClNO3S. The maximum atomic E-state index is 12.2. The zero-order valence-electron chi connectivity index (χ0n) is 12.4. The van der Waals surface area contributed by atoms with Gasteiger partial charge in [-0.25, -0.2) is 0 Å². The molecule has 118 valence electrons. The highest BCUT2D eigenvalue weighted by Gasteiger charge is 2.16. The van der Waals surface area contributed by atoms with Gasteiger partial charge in [-0.1, -0.05) is 17.7 Å². The van der Waals surface area contributed by atoms with E-state index in [-0.39, 0.29) is 11.9 Å². The molecule has 4 nitrogen and oxygen atoms in total. The Labute approximate surface area is 138 Å². The van der Waals surface area contributed by atoms with Crippen molar-refractivity contribution < 1.29 is 14.6 Å². The Kier molecular flexibility index (Phi) is 5.83. The number of nitrogens with one attached hydrogen (secondary N) is 1. The fraction of sp³-hybridized carbons (Fsp3) is 0.312. The van der Waals surface area contributed by atoms with Gasteiger partial charge in [0.1, 0.15) is 5.75 Å². The largest absolute Gasteiger partial charge is 0.495 e. The van der Waals surface area contributed by atoms with E-state index in [1.54, 1.807) is 18.2 Å². The smallest absolute Gasteiger partial charge is 0.251 e. The molecule has 2 rings (SSSR count). The normalized spacial score (nSPS) is 13.5. The predicted molar refractivity (Wildman–Crippen MR) is 88.8 cm³/mol. The number of aliphatic hydroxyl groups excluding tert-OH is 1. The minimum Gasteiger partial charge on any atom is -0.495 e. The Hall–Kier alpha value is -1.56. The van der Waals surface area contributed by atoms with E-state index in [4.69, 9.17) is 16.3 Å². The molecule has 1 amide bonds. The van der Waals surface area contributed by atoms with E-state index in [0.717, 1.165) is 4.88 Å². The first-order chi connectivity index (χ1) is 10.5. The molecular weight excluding hydrogens is 322 g/mol. The second-order valence-electron chi connectivity index (χ2n) is 4.99. The maximum absolute atomic E-state index is 12.2. The van der Waals surface area contributed by atoms with Crippen molar-refractivity contribution in [2.24, 2.45) is 0 Å². The van der Waals surface area contributed by atoms with E-state index in [1.807, 2.05) is 24.4 Å². The van der Waals surface area contributed by atoms with Gasteiger partial charge in [0.25, 0.3) is 5.91 Å². The molecule has 0 radical (unpaired) electrons. The summed E-state index contributed by atoms with van der Waals surface area (Å²) in [5.41, 5.74) is 0.471. The van der Waals surface area contributed by atoms with Gasteiger partial charge >= 0.3 is 0 Å². The molecule has 1 aromatic heterocycles. The van der Waals surface area contributed by atoms with Crippen LogP contribution in [-0.4, -0.2) is 24.2 Å². The van der Waals surface area contributed by atoms with Crippen LogP contribution in [0.15, 0.2) is 35.7 Å². The molecule has 0 aliphatic heterocycles. The Morgan fingerprint density at radius 1 is 1.45 bits per heavy atom. The summed E-state index contributed by atoms with van der Waals surface area (Å²) >= 11 is 7.44. The van der Waals surface area contributed by atoms with Crippen molar-refractivity contribution in [3.05, 3.63) is 51.2 Å². The SMILES string of the molecule is COc1cc(C(=O)NC(C)CC(O)c2cccs2)ccc1Cl. The Balaban J connectivity index is 1.96. The van der Waals surface area contributed by atoms with Crippen LogP contribution >= 0.6 is 22.9 Å². The number of rotatable bonds is 6. The van der Waals surface area contributed by atoms with Gasteiger partial charge in [0.15, 0.2) is 0 Å². The minimum absolute atomic E-state index is 0.161. The molecule has 1 aromatic carbocycles. The first-order valence-corrected chi connectivity index (χ1v) is 8.13. The minimum atomic E-state index is -0.574. The zero-order chi connectivity index (χ0) is 16.1. The standard InChI is InChI=1S/C16H18ClNO3S/c1-10(8-13(19)15-4-3-7-22-15)18-16(20)11-5-6-12(17)14(9-11)21-2/h3-7,9-10,13,19H,8H2,1-2H3,(H,18,20). The summed E-state index contributed by atoms with van der Waals surface area (Å²) in [6.07, 6.45) is -0.119. The Morgan fingerprint density at radius 2 is 2.23 bits per heavy atom. The van der Waals surface area contributed by atoms with E-state index >= 15 is 0 Å². The molecule has 2 atom stereocenters. The first kappa shape index (κ1) is 16.8. The highest BCUT2D eigenvalue weighted by molar-refractivity contribution is 7.10. The number of benzene rings is 1. The highest BCUT2D eigenvalue weighted by atomic mass is 35.5. The number of amides is 1. The van der Waals surface area contributed by atoms with E-state index in [9.17, 15) is 9.90 Å². The maximum Gasteiger partial charge on any atom is 0.251 e. The van der Waals surface area contributed by atoms with Gasteiger partial charge in [0, 0.05) is 16.5 Å². The van der Waals surface area contributed by atoms with E-state index in [0.29, 0.717) is 22.8 Å². The monoisotopic (exact) mass is 339 g/mol. The molecule has 2 aromatic rings. The van der Waals surface area contributed by atoms with Crippen LogP contribution in [0.5, 0.6) is 5.75 Å². The third-order valence-corrected chi connectivity index (χ3v) is 4.53. The quantitative estimate of drug-likeness (QED) is 0.844. The van der Waals surface area contributed by atoms with E-state index < -0.39 is 6.10 Å². The summed E-state index contributed by atoms with van der Waals surface area (Å²) in [4.78, 5) is 13.1. The van der Waals surface area contributed by atoms with Crippen molar-refractivity contribution in [2.75, 3.05) is 7.11 Å². The van der Waals surface area contributed by atoms with E-state index in [1.165, 1.54) is 18.4 Å². The summed E-state index contributed by atoms with van der Waals surface area (Å²) in [6, 6.07) is 8.48. The molecule has 0 spiro atoms. The van der Waals surface area contributed by atoms with Crippen molar-refractivity contribution in [1.82, 2.24) is 5.32 Å². The lowest BCUT2D eigenvalue weighted by molar-refractivity contribution is 0.0918. The number of aliphatic hydroxyl groups is 1. The predicted octanol–water partition coefficient (Wildman–Crippen LogP) is 3.65. The van der Waals surface area contributed by atoms with Crippen LogP contribution < -0.4 is 10.1 Å². The highest BCUT2D eigenvalue weighted by Crippen LogP contribution is 2.25. The third kappa shape index (κ3) is 4.22. The lowest BCUT2D eigenvalue weighted by Crippen LogP contribution is -2.33. The molecule has 0 saturated carbocycles. The summed E-state index contributed by atoms with van der Waals surface area (Å²) < 4.78 is 5.10. The van der Waals surface area contributed by atoms with Crippen LogP contribution in [0.25, 0.3) is 0 Å². The number of hydrogen-bond donors (Lipinski definition) is 2. The summed E-state index contributed by atoms with van der Waals surface area (Å²) in [6.45, 7) is 1.86. The van der Waals surface area contributed by atoms with Crippen LogP contribution in [0, 0.1) is 0 Å². The van der Waals surface area contributed by atoms with Gasteiger partial charge in [0.2, 0.25) is 0 Å². The molecule has 0 saturated heterocycles. The number of halogens is 1. The number of carbonyl (C=O) groups is 1. The van der Waals surface area contributed by atoms with Gasteiger partial charge in [-0.05, 0) is 43.0 Å². The first-order valence-electron chi connectivity index (χ1n) is 6.87. The van der Waals surface area contributed by atoms with Gasteiger partial charge < -0.3 is 15.2 Å². The molecule has 0 aliphatic rings. The Bertz CT molecular complexity index is 630. The number of carbonyl (C=O) groups excluding carboxylic acids is 1. The molecule has 6 heteroatoms. The summed E-state index contributed by atoms with van der Waals surface area (Å²) in [5.74, 6) is 0.237. The molecule has 0 fully saturated rings. The van der Waals surface area contributed by atoms with Crippen LogP contribution in [0.4, 0.5) is 0 Å². The second kappa shape index (κ2) is 7.63. The fourth-order valence-corrected chi connectivity index (χ4v) is 3.02. The van der Waals surface area contributed by atoms with Crippen molar-refractivity contribution in [1.29, 1.82) is 0 Å². The zero-order valence-corrected chi connectivity index (χ0v) is 13.9. The van der Waals surface area contributed by atoms with Gasteiger partial charge in [0.05, 0.1) is 18.2 Å². The van der Waals surface area contributed by atoms with Crippen molar-refractivity contribution >= 4 is 28.8 Å². The lowest BCUT2D eigenvalue weighted by atomic mass is 10.1. The number of thiophene rings is 1. The van der Waals surface area contributed by atoms with Crippen LogP contribution in [0.2, 0.25) is 5.02 Å². The topological polar surface area (TPSA) is 58.6 Å². The van der Waals surface area contributed by atoms with Gasteiger partial charge in [-0.2, -0.15) is 0 Å². The molecule has 0 bridgehead atoms. The number of hydrogen-bond acceptors (Lipinski definition) is 4. The molecule has 22 heavy (non-hydrogen) atoms. The van der Waals surface area contributed by atoms with Crippen molar-refractivity contribution in [3.8, 4) is 5.75 Å². The Morgan fingerprint density at radius 3 is 2.86 bits per heavy atom. The van der Waals surface area contributed by atoms with Crippen molar-refractivity contribution in [2.45, 2.75) is 25.5 Å². The number of ether oxygens (including phenoxy) is 1. The van der Waals surface area contributed by atoms with Crippen LogP contribution in [0.3, 0.4) is 0 Å². The average molecular weight is 340 g/mol. The van der Waals surface area contributed by atoms with Crippen LogP contribution in [-0.2, 0) is 0 Å². The number of methoxy groups -OCH3 is 1. The molecule has 1 heterocycles. The van der Waals surface area contributed by atoms with Crippen LogP contribution in [0.1, 0.15) is 34.7 Å². The fourth-order valence-electron chi connectivity index (χ4n) is 2.10.